The summed E-state index contributed by atoms with van der Waals surface area (Å²) in [5.41, 5.74) is 7.43. The van der Waals surface area contributed by atoms with E-state index < -0.39 is 0 Å². The summed E-state index contributed by atoms with van der Waals surface area (Å²) in [5, 5.41) is 20.0. The lowest BCUT2D eigenvalue weighted by Gasteiger charge is -2.27. The second-order valence-electron chi connectivity index (χ2n) is 15.7. The van der Waals surface area contributed by atoms with E-state index in [-0.39, 0.29) is 0 Å². The van der Waals surface area contributed by atoms with Crippen molar-refractivity contribution in [3.63, 3.8) is 0 Å². The van der Waals surface area contributed by atoms with Crippen LogP contribution in [0.5, 0.6) is 0 Å². The predicted molar refractivity (Wildman–Crippen MR) is 248 cm³/mol. The number of fused-ring (bicyclic) bond motifs is 6. The molecular weight excluding hydrogens is 703 g/mol. The first-order valence-electron chi connectivity index (χ1n) is 20.0. The Morgan fingerprint density at radius 1 is 0.259 bits per heavy atom. The van der Waals surface area contributed by atoms with Crippen molar-refractivity contribution in [1.29, 1.82) is 0 Å². The van der Waals surface area contributed by atoms with E-state index in [0.29, 0.717) is 0 Å². The van der Waals surface area contributed by atoms with E-state index in [1.54, 1.807) is 0 Å². The van der Waals surface area contributed by atoms with Crippen molar-refractivity contribution in [1.82, 2.24) is 0 Å². The normalized spacial score (nSPS) is 12.1. The van der Waals surface area contributed by atoms with Gasteiger partial charge in [0.2, 0.25) is 0 Å². The molecule has 13 rings (SSSR count). The third kappa shape index (κ3) is 4.54. The fraction of sp³-hybridized carbons (Fsp3) is 0. The van der Waals surface area contributed by atoms with E-state index >= 15 is 0 Å². The summed E-state index contributed by atoms with van der Waals surface area (Å²) < 4.78 is 6.33. The average Bonchev–Trinajstić information content (AvgIpc) is 3.66. The minimum Gasteiger partial charge on any atom is -0.456 e. The second-order valence-corrected chi connectivity index (χ2v) is 15.7. The Bertz CT molecular complexity index is 3790. The molecule has 0 radical (unpaired) electrons. The highest BCUT2D eigenvalue weighted by Gasteiger charge is 2.20. The van der Waals surface area contributed by atoms with Gasteiger partial charge < -0.3 is 9.32 Å². The highest BCUT2D eigenvalue weighted by molar-refractivity contribution is 6.37. The van der Waals surface area contributed by atoms with E-state index in [2.05, 4.69) is 199 Å². The van der Waals surface area contributed by atoms with Crippen molar-refractivity contribution in [2.24, 2.45) is 0 Å². The van der Waals surface area contributed by atoms with Gasteiger partial charge in [-0.2, -0.15) is 0 Å². The van der Waals surface area contributed by atoms with Crippen LogP contribution in [0.15, 0.2) is 205 Å². The van der Waals surface area contributed by atoms with Gasteiger partial charge in [0, 0.05) is 27.8 Å². The van der Waals surface area contributed by atoms with Gasteiger partial charge in [-0.3, -0.25) is 0 Å². The molecule has 0 aliphatic carbocycles. The minimum absolute atomic E-state index is 0.885. The molecule has 0 saturated carbocycles. The highest BCUT2D eigenvalue weighted by Crippen LogP contribution is 2.47. The summed E-state index contributed by atoms with van der Waals surface area (Å²) in [6.07, 6.45) is 0. The molecule has 58 heavy (non-hydrogen) atoms. The molecule has 0 bridgehead atoms. The molecule has 0 atom stereocenters. The molecule has 12 aromatic carbocycles. The van der Waals surface area contributed by atoms with Gasteiger partial charge in [0.1, 0.15) is 11.2 Å². The summed E-state index contributed by atoms with van der Waals surface area (Å²) in [4.78, 5) is 2.42. The quantitative estimate of drug-likeness (QED) is 0.167. The molecule has 0 spiro atoms. The molecule has 2 heteroatoms. The van der Waals surface area contributed by atoms with E-state index in [1.807, 2.05) is 6.07 Å². The maximum Gasteiger partial charge on any atom is 0.135 e. The first kappa shape index (κ1) is 31.5. The van der Waals surface area contributed by atoms with Gasteiger partial charge in [0.25, 0.3) is 0 Å². The Morgan fingerprint density at radius 2 is 0.759 bits per heavy atom. The van der Waals surface area contributed by atoms with Crippen molar-refractivity contribution in [3.8, 4) is 11.1 Å². The van der Waals surface area contributed by atoms with Gasteiger partial charge in [0.05, 0.1) is 0 Å². The zero-order chi connectivity index (χ0) is 37.9. The first-order valence-corrected chi connectivity index (χ1v) is 20.0. The molecule has 2 nitrogen and oxygen atoms in total. The average molecular weight is 736 g/mol. The van der Waals surface area contributed by atoms with Gasteiger partial charge in [0.15, 0.2) is 0 Å². The van der Waals surface area contributed by atoms with Crippen molar-refractivity contribution >= 4 is 114 Å². The van der Waals surface area contributed by atoms with Crippen molar-refractivity contribution < 1.29 is 4.42 Å². The molecule has 1 aromatic heterocycles. The number of para-hydroxylation sites is 1. The number of nitrogens with zero attached hydrogens (tertiary/aromatic N) is 1. The molecule has 0 fully saturated rings. The number of anilines is 3. The Kier molecular flexibility index (Phi) is 6.47. The zero-order valence-electron chi connectivity index (χ0n) is 31.4. The van der Waals surface area contributed by atoms with Gasteiger partial charge in [-0.15, -0.1) is 0 Å². The van der Waals surface area contributed by atoms with Crippen molar-refractivity contribution in [3.05, 3.63) is 200 Å². The van der Waals surface area contributed by atoms with Gasteiger partial charge in [-0.1, -0.05) is 146 Å². The maximum atomic E-state index is 6.33. The van der Waals surface area contributed by atoms with Crippen LogP contribution in [0.4, 0.5) is 17.1 Å². The van der Waals surface area contributed by atoms with E-state index in [1.165, 1.54) is 86.5 Å². The summed E-state index contributed by atoms with van der Waals surface area (Å²) in [5.74, 6) is 0. The van der Waals surface area contributed by atoms with Crippen LogP contribution >= 0.6 is 0 Å². The zero-order valence-corrected chi connectivity index (χ0v) is 31.4. The number of hydrogen-bond acceptors (Lipinski definition) is 2. The molecule has 0 aliphatic heterocycles. The maximum absolute atomic E-state index is 6.33. The van der Waals surface area contributed by atoms with Gasteiger partial charge in [-0.25, -0.2) is 0 Å². The number of benzene rings is 11. The smallest absolute Gasteiger partial charge is 0.135 e. The molecule has 0 aliphatic rings. The predicted octanol–water partition coefficient (Wildman–Crippen LogP) is 16.2. The minimum atomic E-state index is 0.885. The Morgan fingerprint density at radius 3 is 1.48 bits per heavy atom. The van der Waals surface area contributed by atoms with Crippen LogP contribution in [0.25, 0.3) is 108 Å². The van der Waals surface area contributed by atoms with E-state index in [4.69, 9.17) is 4.42 Å². The third-order valence-electron chi connectivity index (χ3n) is 12.5. The van der Waals surface area contributed by atoms with Gasteiger partial charge in [-0.05, 0) is 141 Å². The lowest BCUT2D eigenvalue weighted by atomic mass is 9.87. The van der Waals surface area contributed by atoms with Crippen LogP contribution in [-0.2, 0) is 0 Å². The molecule has 268 valence electrons. The Labute approximate surface area is 333 Å². The number of rotatable bonds is 4. The molecule has 13 aromatic rings. The van der Waals surface area contributed by atoms with E-state index in [0.717, 1.165) is 39.0 Å². The SMILES string of the molecule is c1ccc2cc(-c3ccc(N(c4ccc5oc6ccccc6c5c4)c4cc5ccc6cccc7c8cccc9ccc%10cccc(c(c4)c5c67)c%10c98)cc3)ccc2c1. The first-order chi connectivity index (χ1) is 28.7. The molecule has 0 amide bonds. The summed E-state index contributed by atoms with van der Waals surface area (Å²) >= 11 is 0. The summed E-state index contributed by atoms with van der Waals surface area (Å²) in [6.45, 7) is 0. The number of furan rings is 1. The lowest BCUT2D eigenvalue weighted by molar-refractivity contribution is 0.669. The van der Waals surface area contributed by atoms with Crippen molar-refractivity contribution in [2.75, 3.05) is 4.90 Å². The van der Waals surface area contributed by atoms with Crippen LogP contribution in [0.2, 0.25) is 0 Å². The number of hydrogen-bond donors (Lipinski definition) is 0. The lowest BCUT2D eigenvalue weighted by Crippen LogP contribution is -2.10. The van der Waals surface area contributed by atoms with Gasteiger partial charge >= 0.3 is 0 Å². The topological polar surface area (TPSA) is 16.4 Å². The molecule has 0 saturated heterocycles. The Balaban J connectivity index is 1.12. The molecule has 0 unspecified atom stereocenters. The van der Waals surface area contributed by atoms with Crippen LogP contribution in [0.3, 0.4) is 0 Å². The monoisotopic (exact) mass is 735 g/mol. The van der Waals surface area contributed by atoms with E-state index in [9.17, 15) is 0 Å². The van der Waals surface area contributed by atoms with Crippen LogP contribution in [-0.4, -0.2) is 0 Å². The fourth-order valence-corrected chi connectivity index (χ4v) is 9.87. The van der Waals surface area contributed by atoms with Crippen LogP contribution in [0.1, 0.15) is 0 Å². The van der Waals surface area contributed by atoms with Crippen molar-refractivity contribution in [2.45, 2.75) is 0 Å². The largest absolute Gasteiger partial charge is 0.456 e. The molecular formula is C56H33NO. The molecule has 1 heterocycles. The van der Waals surface area contributed by atoms with Crippen LogP contribution < -0.4 is 4.90 Å². The second kappa shape index (κ2) is 11.9. The fourth-order valence-electron chi connectivity index (χ4n) is 9.87. The highest BCUT2D eigenvalue weighted by atomic mass is 16.3. The standard InChI is InChI=1S/C56H33NO/c1-2-9-39-30-40(22-18-34(39)8-1)35-24-26-42(27-25-35)57(43-28-29-52-49(32-43)45-13-3-4-17-51(45)58-52)44-31-41-23-21-38-11-6-15-47-46-14-5-10-36-19-20-37-12-7-16-48(55(37)53(36)46)50(33-44)56(41)54(38)47/h1-33H. The molecule has 0 N–H and O–H groups in total. The summed E-state index contributed by atoms with van der Waals surface area (Å²) in [7, 11) is 0. The third-order valence-corrected chi connectivity index (χ3v) is 12.5. The Hall–Kier alpha value is -7.68. The summed E-state index contributed by atoms with van der Waals surface area (Å²) in [6, 6.07) is 73.7. The van der Waals surface area contributed by atoms with Crippen LogP contribution in [0, 0.1) is 0 Å².